The first kappa shape index (κ1) is 89.1. The third kappa shape index (κ3) is 66.5. The number of hydrogen-bond donors (Lipinski definition) is 3. The van der Waals surface area contributed by atoms with Crippen molar-refractivity contribution < 1.29 is 80.2 Å². The fourth-order valence-electron chi connectivity index (χ4n) is 10.8. The fraction of sp³-hybridized carbons (Fsp3) is 0.944. The third-order valence-electron chi connectivity index (χ3n) is 16.6. The summed E-state index contributed by atoms with van der Waals surface area (Å²) < 4.78 is 68.4. The van der Waals surface area contributed by atoms with Crippen LogP contribution in [0.4, 0.5) is 0 Å². The predicted molar refractivity (Wildman–Crippen MR) is 367 cm³/mol. The molecule has 3 unspecified atom stereocenters. The highest BCUT2D eigenvalue weighted by molar-refractivity contribution is 7.47. The van der Waals surface area contributed by atoms with Gasteiger partial charge in [-0.15, -0.1) is 0 Å². The number of phosphoric acid groups is 2. The number of ether oxygens (including phenoxy) is 4. The molecule has 0 rings (SSSR count). The van der Waals surface area contributed by atoms with Gasteiger partial charge in [0.15, 0.2) is 12.2 Å². The molecule has 0 aromatic heterocycles. The van der Waals surface area contributed by atoms with Crippen LogP contribution >= 0.6 is 15.6 Å². The van der Waals surface area contributed by atoms with E-state index in [9.17, 15) is 43.2 Å². The largest absolute Gasteiger partial charge is 0.472 e. The van der Waals surface area contributed by atoms with E-state index < -0.39 is 97.5 Å². The SMILES string of the molecule is CC(C)CCCCCCCCCCCCCC(=O)O[C@H](COC(=O)CCCCCCCCCCC(C)C)COP(=O)(O)OCC(O)COP(=O)(O)OC[C@@H](COC(=O)CCCCCCCCCCCCC(C)C)OC(=O)CCCCCCCCCCCCC(C)C. The van der Waals surface area contributed by atoms with Crippen LogP contribution in [0.5, 0.6) is 0 Å². The van der Waals surface area contributed by atoms with Gasteiger partial charge in [0.25, 0.3) is 0 Å². The number of unbranched alkanes of at least 4 members (excludes halogenated alkanes) is 35. The Bertz CT molecular complexity index is 1800. The molecule has 540 valence electrons. The minimum absolute atomic E-state index is 0.105. The maximum Gasteiger partial charge on any atom is 0.472 e. The normalized spacial score (nSPS) is 14.2. The summed E-state index contributed by atoms with van der Waals surface area (Å²) >= 11 is 0. The Morgan fingerprint density at radius 1 is 0.275 bits per heavy atom. The second-order valence-electron chi connectivity index (χ2n) is 27.9. The Morgan fingerprint density at radius 2 is 0.462 bits per heavy atom. The van der Waals surface area contributed by atoms with Gasteiger partial charge in [-0.25, -0.2) is 9.13 Å². The number of aliphatic hydroxyl groups is 1. The van der Waals surface area contributed by atoms with Crippen LogP contribution in [0.1, 0.15) is 357 Å². The van der Waals surface area contributed by atoms with Gasteiger partial charge in [0.2, 0.25) is 0 Å². The van der Waals surface area contributed by atoms with Crippen molar-refractivity contribution in [3.05, 3.63) is 0 Å². The van der Waals surface area contributed by atoms with Crippen molar-refractivity contribution in [1.82, 2.24) is 0 Å². The lowest BCUT2D eigenvalue weighted by Crippen LogP contribution is -2.30. The molecular weight excluding hydrogens is 1200 g/mol. The molecule has 0 saturated carbocycles. The standard InChI is InChI=1S/C72H140O17P2/c1-62(2)48-40-32-24-16-10-9-11-20-30-38-46-54-71(76)88-68(59-83-70(75)53-45-37-29-23-22-27-35-43-51-65(7)8)61-87-91(80,81)85-57-66(73)56-84-90(78,79)86-60-67(89-72(77)55-47-39-31-21-15-13-18-26-34-42-50-64(5)6)58-82-69(74)52-44-36-28-19-14-12-17-25-33-41-49-63(3)4/h62-68,73H,9-61H2,1-8H3,(H,78,79)(H,80,81)/t66?,67-,68-/m1/s1. The number of carbonyl (C=O) groups is 4. The maximum absolute atomic E-state index is 13.0. The summed E-state index contributed by atoms with van der Waals surface area (Å²) in [6.45, 7) is 14.1. The van der Waals surface area contributed by atoms with E-state index in [-0.39, 0.29) is 25.7 Å². The molecule has 0 aromatic rings. The van der Waals surface area contributed by atoms with Gasteiger partial charge >= 0.3 is 39.5 Å². The predicted octanol–water partition coefficient (Wildman–Crippen LogP) is 20.5. The smallest absolute Gasteiger partial charge is 0.462 e. The number of aliphatic hydroxyl groups excluding tert-OH is 1. The second-order valence-corrected chi connectivity index (χ2v) is 30.8. The van der Waals surface area contributed by atoms with Gasteiger partial charge < -0.3 is 33.8 Å². The van der Waals surface area contributed by atoms with E-state index in [1.165, 1.54) is 161 Å². The van der Waals surface area contributed by atoms with Crippen LogP contribution in [0.2, 0.25) is 0 Å². The van der Waals surface area contributed by atoms with Crippen molar-refractivity contribution in [1.29, 1.82) is 0 Å². The van der Waals surface area contributed by atoms with Gasteiger partial charge in [-0.05, 0) is 49.4 Å². The minimum Gasteiger partial charge on any atom is -0.462 e. The molecule has 0 amide bonds. The molecule has 0 aliphatic carbocycles. The highest BCUT2D eigenvalue weighted by Gasteiger charge is 2.30. The third-order valence-corrected chi connectivity index (χ3v) is 18.5. The highest BCUT2D eigenvalue weighted by Crippen LogP contribution is 2.45. The Labute approximate surface area is 556 Å². The lowest BCUT2D eigenvalue weighted by atomic mass is 10.0. The van der Waals surface area contributed by atoms with E-state index >= 15 is 0 Å². The summed E-state index contributed by atoms with van der Waals surface area (Å²) in [7, 11) is -9.91. The Hall–Kier alpha value is -1.94. The summed E-state index contributed by atoms with van der Waals surface area (Å²) in [4.78, 5) is 72.7. The van der Waals surface area contributed by atoms with Crippen LogP contribution in [-0.2, 0) is 65.4 Å². The van der Waals surface area contributed by atoms with Crippen LogP contribution < -0.4 is 0 Å². The Balaban J connectivity index is 5.27. The molecule has 0 fully saturated rings. The quantitative estimate of drug-likeness (QED) is 0.0222. The number of carbonyl (C=O) groups excluding carboxylic acids is 4. The lowest BCUT2D eigenvalue weighted by molar-refractivity contribution is -0.161. The van der Waals surface area contributed by atoms with Gasteiger partial charge in [-0.3, -0.25) is 37.3 Å². The van der Waals surface area contributed by atoms with E-state index in [4.69, 9.17) is 37.0 Å². The van der Waals surface area contributed by atoms with E-state index in [0.29, 0.717) is 25.7 Å². The zero-order valence-corrected chi connectivity index (χ0v) is 61.3. The first-order valence-electron chi connectivity index (χ1n) is 37.2. The summed E-state index contributed by atoms with van der Waals surface area (Å²) in [6, 6.07) is 0. The molecule has 3 N–H and O–H groups in total. The number of rotatable bonds is 69. The minimum atomic E-state index is -4.95. The van der Waals surface area contributed by atoms with Gasteiger partial charge in [0.05, 0.1) is 26.4 Å². The summed E-state index contributed by atoms with van der Waals surface area (Å²) in [6.07, 6.45) is 44.4. The van der Waals surface area contributed by atoms with Crippen molar-refractivity contribution in [2.24, 2.45) is 23.7 Å². The number of hydrogen-bond acceptors (Lipinski definition) is 15. The summed E-state index contributed by atoms with van der Waals surface area (Å²) in [5, 5.41) is 10.6. The molecule has 0 spiro atoms. The number of phosphoric ester groups is 2. The molecule has 5 atom stereocenters. The van der Waals surface area contributed by atoms with Crippen molar-refractivity contribution >= 4 is 39.5 Å². The van der Waals surface area contributed by atoms with E-state index in [2.05, 4.69) is 55.4 Å². The molecule has 0 aliphatic rings. The molecule has 0 aromatic carbocycles. The van der Waals surface area contributed by atoms with Crippen LogP contribution in [0.15, 0.2) is 0 Å². The number of esters is 4. The van der Waals surface area contributed by atoms with Gasteiger partial charge in [0.1, 0.15) is 19.3 Å². The average molecular weight is 1340 g/mol. The summed E-state index contributed by atoms with van der Waals surface area (Å²) in [5.41, 5.74) is 0. The van der Waals surface area contributed by atoms with Crippen LogP contribution in [0.3, 0.4) is 0 Å². The van der Waals surface area contributed by atoms with Crippen molar-refractivity contribution in [3.63, 3.8) is 0 Å². The van der Waals surface area contributed by atoms with Crippen molar-refractivity contribution in [3.8, 4) is 0 Å². The van der Waals surface area contributed by atoms with E-state index in [1.807, 2.05) is 0 Å². The average Bonchev–Trinajstić information content (AvgIpc) is 3.62. The molecular formula is C72H140O17P2. The van der Waals surface area contributed by atoms with Crippen molar-refractivity contribution in [2.45, 2.75) is 375 Å². The van der Waals surface area contributed by atoms with Gasteiger partial charge in [-0.2, -0.15) is 0 Å². The highest BCUT2D eigenvalue weighted by atomic mass is 31.2. The molecule has 0 bridgehead atoms. The maximum atomic E-state index is 13.0. The zero-order chi connectivity index (χ0) is 67.5. The molecule has 0 saturated heterocycles. The molecule has 19 heteroatoms. The zero-order valence-electron chi connectivity index (χ0n) is 59.5. The molecule has 0 aliphatic heterocycles. The lowest BCUT2D eigenvalue weighted by Gasteiger charge is -2.21. The van der Waals surface area contributed by atoms with Crippen molar-refractivity contribution in [2.75, 3.05) is 39.6 Å². The Morgan fingerprint density at radius 3 is 0.681 bits per heavy atom. The van der Waals surface area contributed by atoms with Crippen LogP contribution in [0.25, 0.3) is 0 Å². The molecule has 91 heavy (non-hydrogen) atoms. The molecule has 0 heterocycles. The monoisotopic (exact) mass is 1340 g/mol. The summed E-state index contributed by atoms with van der Waals surface area (Å²) in [5.74, 6) is 0.876. The van der Waals surface area contributed by atoms with Gasteiger partial charge in [0, 0.05) is 25.7 Å². The Kier molecular flexibility index (Phi) is 60.3. The second kappa shape index (κ2) is 61.6. The first-order valence-corrected chi connectivity index (χ1v) is 40.2. The fourth-order valence-corrected chi connectivity index (χ4v) is 12.4. The van der Waals surface area contributed by atoms with Gasteiger partial charge in [-0.1, -0.05) is 306 Å². The van der Waals surface area contributed by atoms with E-state index in [1.54, 1.807) is 0 Å². The van der Waals surface area contributed by atoms with Crippen LogP contribution in [-0.4, -0.2) is 96.7 Å². The topological polar surface area (TPSA) is 237 Å². The molecule has 0 radical (unpaired) electrons. The molecule has 17 nitrogen and oxygen atoms in total. The van der Waals surface area contributed by atoms with E-state index in [0.717, 1.165) is 114 Å². The first-order chi connectivity index (χ1) is 43.6. The van der Waals surface area contributed by atoms with Crippen LogP contribution in [0, 0.1) is 23.7 Å².